The second-order valence-corrected chi connectivity index (χ2v) is 7.62. The molecule has 0 radical (unpaired) electrons. The van der Waals surface area contributed by atoms with Crippen LogP contribution in [0.5, 0.6) is 5.88 Å². The van der Waals surface area contributed by atoms with Crippen molar-refractivity contribution in [2.24, 2.45) is 5.84 Å². The van der Waals surface area contributed by atoms with E-state index >= 15 is 0 Å². The number of halogens is 1. The topological polar surface area (TPSA) is 69.2 Å². The zero-order valence-corrected chi connectivity index (χ0v) is 16.5. The molecule has 0 aliphatic carbocycles. The van der Waals surface area contributed by atoms with E-state index in [0.29, 0.717) is 17.5 Å². The molecule has 0 amide bonds. The van der Waals surface area contributed by atoms with Crippen LogP contribution in [0.15, 0.2) is 48.7 Å². The molecule has 0 spiro atoms. The Morgan fingerprint density at radius 1 is 1.26 bits per heavy atom. The van der Waals surface area contributed by atoms with Gasteiger partial charge in [0.1, 0.15) is 6.61 Å². The molecule has 0 fully saturated rings. The predicted octanol–water partition coefficient (Wildman–Crippen LogP) is 4.33. The molecule has 0 saturated carbocycles. The summed E-state index contributed by atoms with van der Waals surface area (Å²) < 4.78 is 8.67. The molecule has 2 aromatic carbocycles. The molecule has 0 unspecified atom stereocenters. The average molecular weight is 400 g/mol. The van der Waals surface area contributed by atoms with E-state index in [1.807, 2.05) is 62.6 Å². The Morgan fingerprint density at radius 2 is 2.11 bits per heavy atom. The molecule has 6 nitrogen and oxygen atoms in total. The molecule has 2 heterocycles. The predicted molar refractivity (Wildman–Crippen MR) is 110 cm³/mol. The van der Waals surface area contributed by atoms with Crippen molar-refractivity contribution in [2.75, 3.05) is 12.1 Å². The number of rotatable bonds is 5. The van der Waals surface area contributed by atoms with E-state index in [0.717, 1.165) is 32.2 Å². The molecule has 0 aliphatic heterocycles. The standard InChI is InChI=1S/C19H18ClN5OS/c1-12-4-3-5-16(24(2)21)14(12)11-26-18-8-9-25(23-18)19-22-15-10-13(20)6-7-17(15)27-19/h3-10H,11,21H2,1-2H3. The Hall–Kier alpha value is -2.61. The molecule has 138 valence electrons. The van der Waals surface area contributed by atoms with E-state index in [2.05, 4.69) is 10.1 Å². The summed E-state index contributed by atoms with van der Waals surface area (Å²) in [4.78, 5) is 4.58. The number of thiazole rings is 1. The Bertz CT molecular complexity index is 1100. The van der Waals surface area contributed by atoms with Gasteiger partial charge in [-0.2, -0.15) is 0 Å². The Kier molecular flexibility index (Phi) is 4.73. The van der Waals surface area contributed by atoms with Crippen molar-refractivity contribution in [3.8, 4) is 11.0 Å². The number of nitrogens with two attached hydrogens (primary N) is 1. The van der Waals surface area contributed by atoms with Crippen molar-refractivity contribution in [3.05, 3.63) is 64.8 Å². The first-order chi connectivity index (χ1) is 13.0. The van der Waals surface area contributed by atoms with E-state index in [4.69, 9.17) is 22.2 Å². The molecule has 4 aromatic rings. The number of hydrogen-bond acceptors (Lipinski definition) is 6. The van der Waals surface area contributed by atoms with Crippen molar-refractivity contribution in [1.82, 2.24) is 14.8 Å². The van der Waals surface area contributed by atoms with E-state index < -0.39 is 0 Å². The fourth-order valence-corrected chi connectivity index (χ4v) is 3.88. The number of hydrogen-bond donors (Lipinski definition) is 1. The fourth-order valence-electron chi connectivity index (χ4n) is 2.83. The van der Waals surface area contributed by atoms with Crippen molar-refractivity contribution >= 4 is 38.8 Å². The lowest BCUT2D eigenvalue weighted by atomic mass is 10.1. The number of aryl methyl sites for hydroxylation is 1. The van der Waals surface area contributed by atoms with Crippen LogP contribution in [-0.2, 0) is 6.61 Å². The van der Waals surface area contributed by atoms with E-state index in [1.54, 1.807) is 21.0 Å². The van der Waals surface area contributed by atoms with Crippen LogP contribution >= 0.6 is 22.9 Å². The summed E-state index contributed by atoms with van der Waals surface area (Å²) in [6, 6.07) is 13.5. The third-order valence-electron chi connectivity index (χ3n) is 4.23. The lowest BCUT2D eigenvalue weighted by molar-refractivity contribution is 0.291. The van der Waals surface area contributed by atoms with Gasteiger partial charge in [-0.3, -0.25) is 0 Å². The third-order valence-corrected chi connectivity index (χ3v) is 5.49. The second-order valence-electron chi connectivity index (χ2n) is 6.18. The number of anilines is 1. The average Bonchev–Trinajstić information content (AvgIpc) is 3.26. The molecular weight excluding hydrogens is 382 g/mol. The van der Waals surface area contributed by atoms with Gasteiger partial charge in [-0.15, -0.1) is 5.10 Å². The largest absolute Gasteiger partial charge is 0.472 e. The molecule has 0 bridgehead atoms. The lowest BCUT2D eigenvalue weighted by Gasteiger charge is -2.18. The molecule has 2 N–H and O–H groups in total. The van der Waals surface area contributed by atoms with E-state index in [1.165, 1.54) is 0 Å². The van der Waals surface area contributed by atoms with E-state index in [9.17, 15) is 0 Å². The second kappa shape index (κ2) is 7.19. The van der Waals surface area contributed by atoms with E-state index in [-0.39, 0.29) is 0 Å². The number of hydrazine groups is 1. The molecule has 0 atom stereocenters. The molecule has 8 heteroatoms. The number of benzene rings is 2. The molecule has 2 aromatic heterocycles. The minimum atomic E-state index is 0.385. The highest BCUT2D eigenvalue weighted by Gasteiger charge is 2.11. The van der Waals surface area contributed by atoms with Gasteiger partial charge in [0.25, 0.3) is 0 Å². The van der Waals surface area contributed by atoms with Crippen LogP contribution in [0.25, 0.3) is 15.3 Å². The van der Waals surface area contributed by atoms with Crippen molar-refractivity contribution in [3.63, 3.8) is 0 Å². The maximum Gasteiger partial charge on any atom is 0.233 e. The molecule has 0 aliphatic rings. The normalized spacial score (nSPS) is 11.1. The van der Waals surface area contributed by atoms with Crippen LogP contribution in [0.3, 0.4) is 0 Å². The van der Waals surface area contributed by atoms with Gasteiger partial charge in [0, 0.05) is 29.9 Å². The van der Waals surface area contributed by atoms with Crippen LogP contribution in [-0.4, -0.2) is 21.8 Å². The smallest absolute Gasteiger partial charge is 0.233 e. The number of nitrogens with zero attached hydrogens (tertiary/aromatic N) is 4. The Balaban J connectivity index is 1.55. The number of fused-ring (bicyclic) bond motifs is 1. The zero-order chi connectivity index (χ0) is 19.0. The lowest BCUT2D eigenvalue weighted by Crippen LogP contribution is -2.26. The highest BCUT2D eigenvalue weighted by molar-refractivity contribution is 7.20. The van der Waals surface area contributed by atoms with Gasteiger partial charge < -0.3 is 9.75 Å². The van der Waals surface area contributed by atoms with Crippen molar-refractivity contribution < 1.29 is 4.74 Å². The van der Waals surface area contributed by atoms with Crippen LogP contribution in [0.4, 0.5) is 5.69 Å². The third kappa shape index (κ3) is 3.62. The quantitative estimate of drug-likeness (QED) is 0.399. The van der Waals surface area contributed by atoms with Gasteiger partial charge in [-0.05, 0) is 36.8 Å². The summed E-state index contributed by atoms with van der Waals surface area (Å²) in [6.45, 7) is 2.42. The Labute approximate surface area is 165 Å². The first-order valence-corrected chi connectivity index (χ1v) is 9.52. The highest BCUT2D eigenvalue weighted by Crippen LogP contribution is 2.28. The Morgan fingerprint density at radius 3 is 2.93 bits per heavy atom. The summed E-state index contributed by atoms with van der Waals surface area (Å²) in [5, 5.41) is 7.51. The summed E-state index contributed by atoms with van der Waals surface area (Å²) in [7, 11) is 1.81. The van der Waals surface area contributed by atoms with Gasteiger partial charge in [0.05, 0.1) is 15.9 Å². The van der Waals surface area contributed by atoms with Crippen LogP contribution in [0.2, 0.25) is 5.02 Å². The molecule has 4 rings (SSSR count). The first kappa shape index (κ1) is 17.8. The summed E-state index contributed by atoms with van der Waals surface area (Å²) in [6.07, 6.45) is 1.84. The zero-order valence-electron chi connectivity index (χ0n) is 14.9. The number of aromatic nitrogens is 3. The summed E-state index contributed by atoms with van der Waals surface area (Å²) >= 11 is 7.58. The highest BCUT2D eigenvalue weighted by atomic mass is 35.5. The summed E-state index contributed by atoms with van der Waals surface area (Å²) in [5.74, 6) is 6.45. The minimum absolute atomic E-state index is 0.385. The summed E-state index contributed by atoms with van der Waals surface area (Å²) in [5.41, 5.74) is 3.94. The minimum Gasteiger partial charge on any atom is -0.472 e. The van der Waals surface area contributed by atoms with Gasteiger partial charge in [0.2, 0.25) is 11.0 Å². The van der Waals surface area contributed by atoms with Gasteiger partial charge in [-0.25, -0.2) is 15.5 Å². The number of ether oxygens (including phenoxy) is 1. The van der Waals surface area contributed by atoms with Crippen molar-refractivity contribution in [2.45, 2.75) is 13.5 Å². The van der Waals surface area contributed by atoms with Gasteiger partial charge in [-0.1, -0.05) is 35.1 Å². The molecule has 27 heavy (non-hydrogen) atoms. The monoisotopic (exact) mass is 399 g/mol. The first-order valence-electron chi connectivity index (χ1n) is 8.33. The SMILES string of the molecule is Cc1cccc(N(C)N)c1COc1ccn(-c2nc3cc(Cl)ccc3s2)n1. The van der Waals surface area contributed by atoms with Crippen LogP contribution in [0.1, 0.15) is 11.1 Å². The van der Waals surface area contributed by atoms with Crippen molar-refractivity contribution in [1.29, 1.82) is 0 Å². The van der Waals surface area contributed by atoms with Gasteiger partial charge in [0.15, 0.2) is 0 Å². The fraction of sp³-hybridized carbons (Fsp3) is 0.158. The molecule has 0 saturated heterocycles. The molecular formula is C19H18ClN5OS. The maximum atomic E-state index is 6.04. The van der Waals surface area contributed by atoms with Crippen LogP contribution in [0, 0.1) is 6.92 Å². The van der Waals surface area contributed by atoms with Crippen LogP contribution < -0.4 is 15.6 Å². The maximum absolute atomic E-state index is 6.04. The van der Waals surface area contributed by atoms with Gasteiger partial charge >= 0.3 is 0 Å².